The number of ether oxygens (including phenoxy) is 1. The molecule has 2 rings (SSSR count). The summed E-state index contributed by atoms with van der Waals surface area (Å²) in [6.45, 7) is 3.77. The number of hydrogen-bond acceptors (Lipinski definition) is 3. The lowest BCUT2D eigenvalue weighted by atomic mass is 9.89. The number of carbonyl (C=O) groups is 1. The molecular formula is C10H17NO3. The largest absolute Gasteiger partial charge is 0.374 e. The van der Waals surface area contributed by atoms with Crippen LogP contribution in [0.1, 0.15) is 33.1 Å². The molecule has 3 atom stereocenters. The van der Waals surface area contributed by atoms with E-state index >= 15 is 0 Å². The molecule has 14 heavy (non-hydrogen) atoms. The van der Waals surface area contributed by atoms with Crippen molar-refractivity contribution in [2.75, 3.05) is 0 Å². The van der Waals surface area contributed by atoms with Crippen molar-refractivity contribution in [1.82, 2.24) is 5.48 Å². The van der Waals surface area contributed by atoms with Gasteiger partial charge in [-0.25, -0.2) is 5.48 Å². The molecule has 0 radical (unpaired) electrons. The van der Waals surface area contributed by atoms with Crippen LogP contribution in [0, 0.1) is 5.92 Å². The zero-order valence-corrected chi connectivity index (χ0v) is 8.66. The number of fused-ring (bicyclic) bond motifs is 2. The lowest BCUT2D eigenvalue weighted by molar-refractivity contribution is -0.142. The molecule has 3 unspecified atom stereocenters. The standard InChI is InChI=1S/C10H17NO3/c1-6(2)14-11-10(12)8-5-7-3-4-9(8)13-7/h6-9H,3-5H2,1-2H3,(H,11,12). The van der Waals surface area contributed by atoms with E-state index in [4.69, 9.17) is 9.57 Å². The molecule has 2 bridgehead atoms. The van der Waals surface area contributed by atoms with E-state index in [1.807, 2.05) is 13.8 Å². The topological polar surface area (TPSA) is 47.6 Å². The zero-order chi connectivity index (χ0) is 10.1. The Balaban J connectivity index is 1.81. The van der Waals surface area contributed by atoms with Gasteiger partial charge in [-0.1, -0.05) is 0 Å². The molecule has 80 valence electrons. The van der Waals surface area contributed by atoms with Gasteiger partial charge in [0.1, 0.15) is 0 Å². The second-order valence-electron chi connectivity index (χ2n) is 4.35. The van der Waals surface area contributed by atoms with Crippen LogP contribution < -0.4 is 5.48 Å². The van der Waals surface area contributed by atoms with E-state index in [1.165, 1.54) is 0 Å². The van der Waals surface area contributed by atoms with Gasteiger partial charge in [0.25, 0.3) is 0 Å². The van der Waals surface area contributed by atoms with Gasteiger partial charge in [0.05, 0.1) is 24.2 Å². The average molecular weight is 199 g/mol. The fourth-order valence-corrected chi connectivity index (χ4v) is 2.17. The summed E-state index contributed by atoms with van der Waals surface area (Å²) in [4.78, 5) is 16.7. The maximum atomic E-state index is 11.6. The Morgan fingerprint density at radius 2 is 2.29 bits per heavy atom. The van der Waals surface area contributed by atoms with Gasteiger partial charge < -0.3 is 4.74 Å². The Morgan fingerprint density at radius 3 is 2.79 bits per heavy atom. The maximum absolute atomic E-state index is 11.6. The number of hydroxylamine groups is 1. The number of amides is 1. The van der Waals surface area contributed by atoms with E-state index in [1.54, 1.807) is 0 Å². The summed E-state index contributed by atoms with van der Waals surface area (Å²) >= 11 is 0. The SMILES string of the molecule is CC(C)ONC(=O)C1CC2CCC1O2. The summed E-state index contributed by atoms with van der Waals surface area (Å²) in [5, 5.41) is 0. The van der Waals surface area contributed by atoms with Gasteiger partial charge in [-0.2, -0.15) is 0 Å². The smallest absolute Gasteiger partial charge is 0.249 e. The number of hydrogen-bond donors (Lipinski definition) is 1. The molecule has 2 heterocycles. The lowest BCUT2D eigenvalue weighted by Gasteiger charge is -2.18. The molecule has 4 nitrogen and oxygen atoms in total. The summed E-state index contributed by atoms with van der Waals surface area (Å²) in [5.41, 5.74) is 2.49. The molecule has 4 heteroatoms. The van der Waals surface area contributed by atoms with Gasteiger partial charge in [-0.15, -0.1) is 0 Å². The van der Waals surface area contributed by atoms with E-state index in [0.29, 0.717) is 6.10 Å². The van der Waals surface area contributed by atoms with Gasteiger partial charge in [0.2, 0.25) is 5.91 Å². The van der Waals surface area contributed by atoms with Crippen LogP contribution in [0.15, 0.2) is 0 Å². The average Bonchev–Trinajstić information content (AvgIpc) is 2.74. The Bertz CT molecular complexity index is 229. The Kier molecular flexibility index (Phi) is 2.74. The fraction of sp³-hybridized carbons (Fsp3) is 0.900. The molecule has 0 aliphatic carbocycles. The Labute approximate surface area is 83.9 Å². The number of nitrogens with one attached hydrogen (secondary N) is 1. The highest BCUT2D eigenvalue weighted by Crippen LogP contribution is 2.38. The van der Waals surface area contributed by atoms with E-state index in [2.05, 4.69) is 5.48 Å². The van der Waals surface area contributed by atoms with Crippen molar-refractivity contribution in [3.63, 3.8) is 0 Å². The third kappa shape index (κ3) is 1.91. The number of rotatable bonds is 3. The Morgan fingerprint density at radius 1 is 1.50 bits per heavy atom. The summed E-state index contributed by atoms with van der Waals surface area (Å²) in [6.07, 6.45) is 3.46. The van der Waals surface area contributed by atoms with Crippen LogP contribution in [0.4, 0.5) is 0 Å². The van der Waals surface area contributed by atoms with Crippen molar-refractivity contribution in [1.29, 1.82) is 0 Å². The monoisotopic (exact) mass is 199 g/mol. The van der Waals surface area contributed by atoms with Gasteiger partial charge >= 0.3 is 0 Å². The van der Waals surface area contributed by atoms with Crippen LogP contribution in [0.5, 0.6) is 0 Å². The van der Waals surface area contributed by atoms with Crippen molar-refractivity contribution in [3.05, 3.63) is 0 Å². The van der Waals surface area contributed by atoms with Crippen LogP contribution in [0.25, 0.3) is 0 Å². The minimum absolute atomic E-state index is 0.00694. The fourth-order valence-electron chi connectivity index (χ4n) is 2.17. The highest BCUT2D eigenvalue weighted by atomic mass is 16.7. The third-order valence-corrected chi connectivity index (χ3v) is 2.84. The van der Waals surface area contributed by atoms with Crippen molar-refractivity contribution in [2.45, 2.75) is 51.4 Å². The zero-order valence-electron chi connectivity index (χ0n) is 8.66. The second kappa shape index (κ2) is 3.87. The Hall–Kier alpha value is -0.610. The minimum atomic E-state index is -0.0223. The quantitative estimate of drug-likeness (QED) is 0.690. The molecular weight excluding hydrogens is 182 g/mol. The van der Waals surface area contributed by atoms with Gasteiger partial charge in [0.15, 0.2) is 0 Å². The van der Waals surface area contributed by atoms with Crippen LogP contribution >= 0.6 is 0 Å². The molecule has 2 aliphatic rings. The van der Waals surface area contributed by atoms with Crippen LogP contribution in [-0.2, 0) is 14.4 Å². The maximum Gasteiger partial charge on any atom is 0.249 e. The van der Waals surface area contributed by atoms with Gasteiger partial charge in [-0.3, -0.25) is 9.63 Å². The van der Waals surface area contributed by atoms with Crippen molar-refractivity contribution < 1.29 is 14.4 Å². The summed E-state index contributed by atoms with van der Waals surface area (Å²) in [5.74, 6) is -0.0154. The van der Waals surface area contributed by atoms with Crippen LogP contribution in [0.3, 0.4) is 0 Å². The predicted molar refractivity (Wildman–Crippen MR) is 50.4 cm³/mol. The van der Waals surface area contributed by atoms with E-state index in [9.17, 15) is 4.79 Å². The first-order chi connectivity index (χ1) is 6.66. The molecule has 0 aromatic heterocycles. The molecule has 1 amide bonds. The summed E-state index contributed by atoms with van der Waals surface area (Å²) in [6, 6.07) is 0. The minimum Gasteiger partial charge on any atom is -0.374 e. The first kappa shape index (κ1) is 9.93. The van der Waals surface area contributed by atoms with E-state index in [0.717, 1.165) is 19.3 Å². The van der Waals surface area contributed by atoms with Crippen molar-refractivity contribution in [3.8, 4) is 0 Å². The highest BCUT2D eigenvalue weighted by Gasteiger charge is 2.44. The first-order valence-corrected chi connectivity index (χ1v) is 5.28. The molecule has 0 spiro atoms. The normalized spacial score (nSPS) is 35.2. The first-order valence-electron chi connectivity index (χ1n) is 5.28. The predicted octanol–water partition coefficient (Wildman–Crippen LogP) is 1.01. The molecule has 0 aromatic carbocycles. The van der Waals surface area contributed by atoms with Crippen LogP contribution in [0.2, 0.25) is 0 Å². The van der Waals surface area contributed by atoms with Crippen LogP contribution in [-0.4, -0.2) is 24.2 Å². The molecule has 0 saturated carbocycles. The second-order valence-corrected chi connectivity index (χ2v) is 4.35. The molecule has 2 aliphatic heterocycles. The molecule has 2 fully saturated rings. The molecule has 0 aromatic rings. The summed E-state index contributed by atoms with van der Waals surface area (Å²) in [7, 11) is 0. The third-order valence-electron chi connectivity index (χ3n) is 2.84. The lowest BCUT2D eigenvalue weighted by Crippen LogP contribution is -2.37. The molecule has 1 N–H and O–H groups in total. The number of carbonyl (C=O) groups excluding carboxylic acids is 1. The van der Waals surface area contributed by atoms with Gasteiger partial charge in [0, 0.05) is 0 Å². The van der Waals surface area contributed by atoms with Crippen molar-refractivity contribution in [2.24, 2.45) is 5.92 Å². The molecule has 2 saturated heterocycles. The van der Waals surface area contributed by atoms with Gasteiger partial charge in [-0.05, 0) is 33.1 Å². The van der Waals surface area contributed by atoms with E-state index < -0.39 is 0 Å². The van der Waals surface area contributed by atoms with E-state index in [-0.39, 0.29) is 24.0 Å². The highest BCUT2D eigenvalue weighted by molar-refractivity contribution is 5.78. The van der Waals surface area contributed by atoms with Crippen molar-refractivity contribution >= 4 is 5.91 Å². The summed E-state index contributed by atoms with van der Waals surface area (Å²) < 4.78 is 5.60.